The van der Waals surface area contributed by atoms with E-state index >= 15 is 0 Å². The highest BCUT2D eigenvalue weighted by Gasteiger charge is 2.25. The van der Waals surface area contributed by atoms with E-state index in [1.165, 1.54) is 12.8 Å². The van der Waals surface area contributed by atoms with Crippen LogP contribution in [-0.4, -0.2) is 38.1 Å². The Kier molecular flexibility index (Phi) is 8.34. The normalized spacial score (nSPS) is 23.2. The fourth-order valence-electron chi connectivity index (χ4n) is 3.49. The van der Waals surface area contributed by atoms with Crippen LogP contribution in [0.4, 0.5) is 5.69 Å². The molecule has 3 rings (SSSR count). The summed E-state index contributed by atoms with van der Waals surface area (Å²) in [6, 6.07) is 6.48. The standard InChI is InChI=1S/C18H27N3O.2ClH/c1-13-5-6-17(21-9-3-4-10-21)15(11-13)18(22)20-16-12-19-8-7-14(16)2;;/h5-6,11,14,16,19H,3-4,7-10,12H2,1-2H3,(H,20,22);2*1H. The van der Waals surface area contributed by atoms with Crippen molar-refractivity contribution < 1.29 is 4.79 Å². The molecule has 4 nitrogen and oxygen atoms in total. The Morgan fingerprint density at radius 1 is 1.25 bits per heavy atom. The number of hydrogen-bond donors (Lipinski definition) is 2. The van der Waals surface area contributed by atoms with Gasteiger partial charge >= 0.3 is 0 Å². The van der Waals surface area contributed by atoms with E-state index in [1.54, 1.807) is 0 Å². The predicted octanol–water partition coefficient (Wildman–Crippen LogP) is 3.17. The molecule has 2 atom stereocenters. The fraction of sp³-hybridized carbons (Fsp3) is 0.611. The molecule has 2 aliphatic heterocycles. The van der Waals surface area contributed by atoms with Crippen molar-refractivity contribution in [2.24, 2.45) is 5.92 Å². The number of carbonyl (C=O) groups is 1. The minimum atomic E-state index is 0. The SMILES string of the molecule is Cc1ccc(N2CCCC2)c(C(=O)NC2CNCCC2C)c1.Cl.Cl. The van der Waals surface area contributed by atoms with Gasteiger partial charge < -0.3 is 15.5 Å². The van der Waals surface area contributed by atoms with Crippen LogP contribution in [0.1, 0.15) is 42.1 Å². The summed E-state index contributed by atoms with van der Waals surface area (Å²) in [5, 5.41) is 6.63. The van der Waals surface area contributed by atoms with Gasteiger partial charge in [0.2, 0.25) is 0 Å². The van der Waals surface area contributed by atoms with Crippen molar-refractivity contribution in [3.63, 3.8) is 0 Å². The number of aryl methyl sites for hydroxylation is 1. The lowest BCUT2D eigenvalue weighted by Crippen LogP contribution is -2.50. The zero-order valence-electron chi connectivity index (χ0n) is 14.5. The molecule has 0 aromatic heterocycles. The summed E-state index contributed by atoms with van der Waals surface area (Å²) < 4.78 is 0. The van der Waals surface area contributed by atoms with Crippen molar-refractivity contribution >= 4 is 36.4 Å². The molecule has 2 aliphatic rings. The molecule has 0 spiro atoms. The minimum Gasteiger partial charge on any atom is -0.371 e. The third-order valence-corrected chi connectivity index (χ3v) is 4.99. The van der Waals surface area contributed by atoms with E-state index < -0.39 is 0 Å². The quantitative estimate of drug-likeness (QED) is 0.854. The van der Waals surface area contributed by atoms with Gasteiger partial charge in [-0.1, -0.05) is 18.6 Å². The molecular weight excluding hydrogens is 345 g/mol. The maximum absolute atomic E-state index is 12.8. The molecule has 1 aromatic rings. The average molecular weight is 374 g/mol. The van der Waals surface area contributed by atoms with Gasteiger partial charge in [0.15, 0.2) is 0 Å². The van der Waals surface area contributed by atoms with Gasteiger partial charge in [-0.05, 0) is 50.8 Å². The highest BCUT2D eigenvalue weighted by Crippen LogP contribution is 2.26. The summed E-state index contributed by atoms with van der Waals surface area (Å²) >= 11 is 0. The summed E-state index contributed by atoms with van der Waals surface area (Å²) in [6.07, 6.45) is 3.56. The van der Waals surface area contributed by atoms with Crippen molar-refractivity contribution in [1.29, 1.82) is 0 Å². The van der Waals surface area contributed by atoms with E-state index in [1.807, 2.05) is 6.07 Å². The number of nitrogens with zero attached hydrogens (tertiary/aromatic N) is 1. The van der Waals surface area contributed by atoms with Crippen molar-refractivity contribution in [1.82, 2.24) is 10.6 Å². The summed E-state index contributed by atoms with van der Waals surface area (Å²) in [5.41, 5.74) is 3.07. The molecule has 6 heteroatoms. The molecule has 24 heavy (non-hydrogen) atoms. The number of nitrogens with one attached hydrogen (secondary N) is 2. The Balaban J connectivity index is 0.00000144. The number of halogens is 2. The number of rotatable bonds is 3. The van der Waals surface area contributed by atoms with E-state index in [9.17, 15) is 4.79 Å². The van der Waals surface area contributed by atoms with E-state index in [-0.39, 0.29) is 36.8 Å². The van der Waals surface area contributed by atoms with Crippen LogP contribution in [0.3, 0.4) is 0 Å². The van der Waals surface area contributed by atoms with Gasteiger partial charge in [-0.3, -0.25) is 4.79 Å². The van der Waals surface area contributed by atoms with Gasteiger partial charge in [-0.15, -0.1) is 24.8 Å². The number of benzene rings is 1. The Hall–Kier alpha value is -0.970. The maximum atomic E-state index is 12.8. The molecule has 2 saturated heterocycles. The Morgan fingerprint density at radius 2 is 1.96 bits per heavy atom. The Bertz CT molecular complexity index is 547. The van der Waals surface area contributed by atoms with Gasteiger partial charge in [0.05, 0.1) is 5.56 Å². The number of carbonyl (C=O) groups excluding carboxylic acids is 1. The zero-order valence-corrected chi connectivity index (χ0v) is 16.1. The van der Waals surface area contributed by atoms with Crippen molar-refractivity contribution in [3.05, 3.63) is 29.3 Å². The molecule has 0 aliphatic carbocycles. The third-order valence-electron chi connectivity index (χ3n) is 4.99. The van der Waals surface area contributed by atoms with Gasteiger partial charge in [0, 0.05) is 31.4 Å². The van der Waals surface area contributed by atoms with E-state index in [2.05, 4.69) is 41.5 Å². The number of anilines is 1. The van der Waals surface area contributed by atoms with Crippen LogP contribution in [0.25, 0.3) is 0 Å². The first-order chi connectivity index (χ1) is 10.6. The van der Waals surface area contributed by atoms with Crippen LogP contribution in [0.2, 0.25) is 0 Å². The fourth-order valence-corrected chi connectivity index (χ4v) is 3.49. The maximum Gasteiger partial charge on any atom is 0.253 e. The molecule has 2 fully saturated rings. The lowest BCUT2D eigenvalue weighted by atomic mass is 9.94. The first kappa shape index (κ1) is 21.1. The van der Waals surface area contributed by atoms with Crippen LogP contribution >= 0.6 is 24.8 Å². The second-order valence-electron chi connectivity index (χ2n) is 6.76. The van der Waals surface area contributed by atoms with Gasteiger partial charge in [0.1, 0.15) is 0 Å². The van der Waals surface area contributed by atoms with E-state index in [0.717, 1.165) is 49.4 Å². The van der Waals surface area contributed by atoms with Crippen LogP contribution in [0, 0.1) is 12.8 Å². The lowest BCUT2D eigenvalue weighted by Gasteiger charge is -2.31. The molecule has 0 bridgehead atoms. The topological polar surface area (TPSA) is 44.4 Å². The number of amides is 1. The van der Waals surface area contributed by atoms with Crippen molar-refractivity contribution in [2.45, 2.75) is 39.2 Å². The monoisotopic (exact) mass is 373 g/mol. The second-order valence-corrected chi connectivity index (χ2v) is 6.76. The third kappa shape index (κ3) is 4.78. The first-order valence-electron chi connectivity index (χ1n) is 8.52. The zero-order chi connectivity index (χ0) is 15.5. The number of hydrogen-bond acceptors (Lipinski definition) is 3. The van der Waals surface area contributed by atoms with Gasteiger partial charge in [0.25, 0.3) is 5.91 Å². The molecule has 136 valence electrons. The highest BCUT2D eigenvalue weighted by atomic mass is 35.5. The van der Waals surface area contributed by atoms with E-state index in [4.69, 9.17) is 0 Å². The van der Waals surface area contributed by atoms with Crippen molar-refractivity contribution in [2.75, 3.05) is 31.1 Å². The molecule has 0 radical (unpaired) electrons. The van der Waals surface area contributed by atoms with Crippen LogP contribution in [0.5, 0.6) is 0 Å². The second kappa shape index (κ2) is 9.50. The van der Waals surface area contributed by atoms with E-state index in [0.29, 0.717) is 5.92 Å². The minimum absolute atomic E-state index is 0. The van der Waals surface area contributed by atoms with Gasteiger partial charge in [-0.25, -0.2) is 0 Å². The highest BCUT2D eigenvalue weighted by molar-refractivity contribution is 6.00. The summed E-state index contributed by atoms with van der Waals surface area (Å²) in [6.45, 7) is 8.32. The van der Waals surface area contributed by atoms with Gasteiger partial charge in [-0.2, -0.15) is 0 Å². The number of piperidine rings is 1. The first-order valence-corrected chi connectivity index (χ1v) is 8.52. The smallest absolute Gasteiger partial charge is 0.253 e. The average Bonchev–Trinajstić information content (AvgIpc) is 3.03. The summed E-state index contributed by atoms with van der Waals surface area (Å²) in [4.78, 5) is 15.2. The van der Waals surface area contributed by atoms with Crippen molar-refractivity contribution in [3.8, 4) is 0 Å². The Labute approximate surface area is 157 Å². The summed E-state index contributed by atoms with van der Waals surface area (Å²) in [7, 11) is 0. The molecule has 2 heterocycles. The lowest BCUT2D eigenvalue weighted by molar-refractivity contribution is 0.0915. The van der Waals surface area contributed by atoms with Crippen LogP contribution < -0.4 is 15.5 Å². The molecule has 0 saturated carbocycles. The predicted molar refractivity (Wildman–Crippen MR) is 105 cm³/mol. The summed E-state index contributed by atoms with van der Waals surface area (Å²) in [5.74, 6) is 0.608. The van der Waals surface area contributed by atoms with Crippen LogP contribution in [0.15, 0.2) is 18.2 Å². The molecule has 1 amide bonds. The molecular formula is C18H29Cl2N3O. The largest absolute Gasteiger partial charge is 0.371 e. The molecule has 2 N–H and O–H groups in total. The molecule has 2 unspecified atom stereocenters. The Morgan fingerprint density at radius 3 is 2.62 bits per heavy atom. The van der Waals surface area contributed by atoms with Crippen LogP contribution in [-0.2, 0) is 0 Å². The molecule has 1 aromatic carbocycles.